The van der Waals surface area contributed by atoms with Crippen LogP contribution in [0, 0.1) is 6.92 Å². The van der Waals surface area contributed by atoms with Gasteiger partial charge in [0.2, 0.25) is 0 Å². The van der Waals surface area contributed by atoms with Crippen molar-refractivity contribution in [3.8, 4) is 0 Å². The standard InChI is InChI=1S/C17H17NO2S/c1-3-20-17(19)10-12-5-7-15-14(9-12)18-13-6-4-11(2)8-16(13)21-15/h4-9,18H,3,10H2,1-2H3. The molecule has 21 heavy (non-hydrogen) atoms. The lowest BCUT2D eigenvalue weighted by molar-refractivity contribution is -0.142. The predicted molar refractivity (Wildman–Crippen MR) is 85.4 cm³/mol. The second-order valence-electron chi connectivity index (χ2n) is 5.04. The van der Waals surface area contributed by atoms with E-state index in [-0.39, 0.29) is 5.97 Å². The molecule has 0 aliphatic carbocycles. The minimum atomic E-state index is -0.183. The number of carbonyl (C=O) groups excluding carboxylic acids is 1. The van der Waals surface area contributed by atoms with Gasteiger partial charge in [-0.2, -0.15) is 0 Å². The van der Waals surface area contributed by atoms with E-state index in [0.29, 0.717) is 13.0 Å². The van der Waals surface area contributed by atoms with Gasteiger partial charge in [0, 0.05) is 9.79 Å². The van der Waals surface area contributed by atoms with E-state index in [1.54, 1.807) is 11.8 Å². The molecule has 4 heteroatoms. The Morgan fingerprint density at radius 2 is 2.00 bits per heavy atom. The zero-order valence-electron chi connectivity index (χ0n) is 12.1. The van der Waals surface area contributed by atoms with Gasteiger partial charge in [0.1, 0.15) is 0 Å². The van der Waals surface area contributed by atoms with Gasteiger partial charge in [-0.05, 0) is 49.2 Å². The number of nitrogens with one attached hydrogen (secondary N) is 1. The molecule has 0 bridgehead atoms. The van der Waals surface area contributed by atoms with Crippen molar-refractivity contribution in [1.29, 1.82) is 0 Å². The van der Waals surface area contributed by atoms with Gasteiger partial charge in [0.05, 0.1) is 24.4 Å². The van der Waals surface area contributed by atoms with Crippen LogP contribution in [0.1, 0.15) is 18.1 Å². The van der Waals surface area contributed by atoms with Crippen LogP contribution in [0.5, 0.6) is 0 Å². The number of aryl methyl sites for hydroxylation is 1. The van der Waals surface area contributed by atoms with Crippen molar-refractivity contribution in [2.45, 2.75) is 30.1 Å². The highest BCUT2D eigenvalue weighted by Gasteiger charge is 2.16. The third-order valence-corrected chi connectivity index (χ3v) is 4.46. The summed E-state index contributed by atoms with van der Waals surface area (Å²) in [6, 6.07) is 12.5. The fourth-order valence-electron chi connectivity index (χ4n) is 2.33. The van der Waals surface area contributed by atoms with Crippen LogP contribution in [0.25, 0.3) is 0 Å². The highest BCUT2D eigenvalue weighted by atomic mass is 32.2. The number of anilines is 2. The third-order valence-electron chi connectivity index (χ3n) is 3.32. The van der Waals surface area contributed by atoms with Gasteiger partial charge in [-0.3, -0.25) is 4.79 Å². The topological polar surface area (TPSA) is 38.3 Å². The minimum Gasteiger partial charge on any atom is -0.466 e. The summed E-state index contributed by atoms with van der Waals surface area (Å²) in [4.78, 5) is 14.0. The van der Waals surface area contributed by atoms with E-state index in [1.165, 1.54) is 15.4 Å². The van der Waals surface area contributed by atoms with Gasteiger partial charge in [-0.15, -0.1) is 0 Å². The van der Waals surface area contributed by atoms with Gasteiger partial charge in [0.15, 0.2) is 0 Å². The SMILES string of the molecule is CCOC(=O)Cc1ccc2c(c1)Nc1ccc(C)cc1S2. The first kappa shape index (κ1) is 14.0. The summed E-state index contributed by atoms with van der Waals surface area (Å²) >= 11 is 1.76. The molecular formula is C17H17NO2S. The fraction of sp³-hybridized carbons (Fsp3) is 0.235. The molecule has 1 aliphatic rings. The normalized spacial score (nSPS) is 12.1. The molecule has 2 aromatic carbocycles. The largest absolute Gasteiger partial charge is 0.466 e. The Bertz CT molecular complexity index is 697. The molecular weight excluding hydrogens is 282 g/mol. The molecule has 0 spiro atoms. The third kappa shape index (κ3) is 3.05. The van der Waals surface area contributed by atoms with Crippen molar-refractivity contribution in [3.05, 3.63) is 47.5 Å². The number of ether oxygens (including phenoxy) is 1. The van der Waals surface area contributed by atoms with Crippen molar-refractivity contribution in [2.75, 3.05) is 11.9 Å². The Kier molecular flexibility index (Phi) is 3.88. The van der Waals surface area contributed by atoms with Crippen LogP contribution >= 0.6 is 11.8 Å². The second kappa shape index (κ2) is 5.82. The molecule has 0 amide bonds. The average molecular weight is 299 g/mol. The van der Waals surface area contributed by atoms with Crippen LogP contribution in [0.15, 0.2) is 46.2 Å². The van der Waals surface area contributed by atoms with E-state index in [0.717, 1.165) is 16.9 Å². The predicted octanol–water partition coefficient (Wildman–Crippen LogP) is 4.31. The molecule has 0 aromatic heterocycles. The van der Waals surface area contributed by atoms with Crippen molar-refractivity contribution in [1.82, 2.24) is 0 Å². The summed E-state index contributed by atoms with van der Waals surface area (Å²) in [5, 5.41) is 3.44. The summed E-state index contributed by atoms with van der Waals surface area (Å²) in [5.74, 6) is -0.183. The number of fused-ring (bicyclic) bond motifs is 2. The number of esters is 1. The summed E-state index contributed by atoms with van der Waals surface area (Å²) in [6.45, 7) is 4.34. The van der Waals surface area contributed by atoms with E-state index in [1.807, 2.05) is 19.1 Å². The molecule has 1 N–H and O–H groups in total. The fourth-order valence-corrected chi connectivity index (χ4v) is 3.40. The van der Waals surface area contributed by atoms with Crippen LogP contribution in [-0.4, -0.2) is 12.6 Å². The Morgan fingerprint density at radius 3 is 2.81 bits per heavy atom. The number of hydrogen-bond acceptors (Lipinski definition) is 4. The maximum Gasteiger partial charge on any atom is 0.310 e. The number of hydrogen-bond donors (Lipinski definition) is 1. The molecule has 3 rings (SSSR count). The molecule has 0 radical (unpaired) electrons. The molecule has 2 aromatic rings. The van der Waals surface area contributed by atoms with Crippen LogP contribution in [-0.2, 0) is 16.0 Å². The lowest BCUT2D eigenvalue weighted by atomic mass is 10.1. The van der Waals surface area contributed by atoms with Crippen molar-refractivity contribution in [2.24, 2.45) is 0 Å². The molecule has 0 atom stereocenters. The first-order valence-electron chi connectivity index (χ1n) is 7.00. The summed E-state index contributed by atoms with van der Waals surface area (Å²) in [5.41, 5.74) is 4.39. The lowest BCUT2D eigenvalue weighted by Gasteiger charge is -2.21. The second-order valence-corrected chi connectivity index (χ2v) is 6.12. The first-order chi connectivity index (χ1) is 10.2. The Hall–Kier alpha value is -1.94. The maximum atomic E-state index is 11.6. The number of rotatable bonds is 3. The van der Waals surface area contributed by atoms with Gasteiger partial charge in [-0.1, -0.05) is 23.9 Å². The van der Waals surface area contributed by atoms with E-state index in [9.17, 15) is 4.79 Å². The monoisotopic (exact) mass is 299 g/mol. The van der Waals surface area contributed by atoms with E-state index in [4.69, 9.17) is 4.74 Å². The maximum absolute atomic E-state index is 11.6. The van der Waals surface area contributed by atoms with Crippen molar-refractivity contribution < 1.29 is 9.53 Å². The number of carbonyl (C=O) groups is 1. The van der Waals surface area contributed by atoms with Gasteiger partial charge in [0.25, 0.3) is 0 Å². The quantitative estimate of drug-likeness (QED) is 0.731. The number of benzene rings is 2. The van der Waals surface area contributed by atoms with Crippen LogP contribution in [0.2, 0.25) is 0 Å². The van der Waals surface area contributed by atoms with Gasteiger partial charge in [-0.25, -0.2) is 0 Å². The molecule has 0 saturated carbocycles. The Morgan fingerprint density at radius 1 is 1.14 bits per heavy atom. The zero-order valence-corrected chi connectivity index (χ0v) is 12.9. The van der Waals surface area contributed by atoms with E-state index >= 15 is 0 Å². The Labute approximate surface area is 128 Å². The molecule has 0 unspecified atom stereocenters. The van der Waals surface area contributed by atoms with E-state index in [2.05, 4.69) is 36.5 Å². The average Bonchev–Trinajstić information content (AvgIpc) is 2.45. The molecule has 108 valence electrons. The molecule has 3 nitrogen and oxygen atoms in total. The molecule has 0 fully saturated rings. The summed E-state index contributed by atoms with van der Waals surface area (Å²) < 4.78 is 4.99. The highest BCUT2D eigenvalue weighted by molar-refractivity contribution is 7.99. The van der Waals surface area contributed by atoms with E-state index < -0.39 is 0 Å². The van der Waals surface area contributed by atoms with Gasteiger partial charge >= 0.3 is 5.97 Å². The first-order valence-corrected chi connectivity index (χ1v) is 7.81. The summed E-state index contributed by atoms with van der Waals surface area (Å²) in [6.07, 6.45) is 0.314. The van der Waals surface area contributed by atoms with Crippen molar-refractivity contribution >= 4 is 29.1 Å². The van der Waals surface area contributed by atoms with Gasteiger partial charge < -0.3 is 10.1 Å². The van der Waals surface area contributed by atoms with Crippen molar-refractivity contribution in [3.63, 3.8) is 0 Å². The minimum absolute atomic E-state index is 0.183. The summed E-state index contributed by atoms with van der Waals surface area (Å²) in [7, 11) is 0. The van der Waals surface area contributed by atoms with Crippen LogP contribution < -0.4 is 5.32 Å². The van der Waals surface area contributed by atoms with Crippen LogP contribution in [0.4, 0.5) is 11.4 Å². The smallest absolute Gasteiger partial charge is 0.310 e. The highest BCUT2D eigenvalue weighted by Crippen LogP contribution is 2.44. The zero-order chi connectivity index (χ0) is 14.8. The molecule has 0 saturated heterocycles. The molecule has 1 aliphatic heterocycles. The lowest BCUT2D eigenvalue weighted by Crippen LogP contribution is -2.08. The Balaban J connectivity index is 1.84. The molecule has 1 heterocycles. The van der Waals surface area contributed by atoms with Crippen LogP contribution in [0.3, 0.4) is 0 Å².